The SMILES string of the molecule is CCOc1c(O)c2cc(OCCCCO)ccc2oc1=O. The van der Waals surface area contributed by atoms with E-state index in [4.69, 9.17) is 19.0 Å². The number of fused-ring (bicyclic) bond motifs is 1. The molecule has 6 nitrogen and oxygen atoms in total. The van der Waals surface area contributed by atoms with Crippen LogP contribution < -0.4 is 15.1 Å². The third kappa shape index (κ3) is 3.46. The summed E-state index contributed by atoms with van der Waals surface area (Å²) in [6, 6.07) is 4.81. The molecule has 0 aliphatic carbocycles. The lowest BCUT2D eigenvalue weighted by Gasteiger charge is -2.09. The quantitative estimate of drug-likeness (QED) is 0.600. The number of hydrogen-bond acceptors (Lipinski definition) is 6. The van der Waals surface area contributed by atoms with Gasteiger partial charge in [0, 0.05) is 6.61 Å². The number of ether oxygens (including phenoxy) is 2. The van der Waals surface area contributed by atoms with Crippen molar-refractivity contribution in [1.82, 2.24) is 0 Å². The maximum atomic E-state index is 11.7. The van der Waals surface area contributed by atoms with Gasteiger partial charge in [0.2, 0.25) is 5.75 Å². The standard InChI is InChI=1S/C15H18O6/c1-2-19-14-13(17)11-9-10(20-8-4-3-7-16)5-6-12(11)21-15(14)18/h5-6,9,16-17H,2-4,7-8H2,1H3. The molecule has 0 saturated heterocycles. The monoisotopic (exact) mass is 294 g/mol. The van der Waals surface area contributed by atoms with Crippen LogP contribution in [0.3, 0.4) is 0 Å². The van der Waals surface area contributed by atoms with Crippen molar-refractivity contribution in [2.24, 2.45) is 0 Å². The van der Waals surface area contributed by atoms with Crippen molar-refractivity contribution in [3.05, 3.63) is 28.6 Å². The summed E-state index contributed by atoms with van der Waals surface area (Å²) in [5.74, 6) is 0.110. The van der Waals surface area contributed by atoms with Gasteiger partial charge < -0.3 is 24.1 Å². The largest absolute Gasteiger partial charge is 0.504 e. The molecule has 2 N–H and O–H groups in total. The van der Waals surface area contributed by atoms with Crippen LogP contribution in [0.15, 0.2) is 27.4 Å². The van der Waals surface area contributed by atoms with E-state index < -0.39 is 5.63 Å². The maximum absolute atomic E-state index is 11.7. The molecule has 1 aromatic carbocycles. The maximum Gasteiger partial charge on any atom is 0.383 e. The number of hydrogen-bond donors (Lipinski definition) is 2. The normalized spacial score (nSPS) is 10.8. The van der Waals surface area contributed by atoms with E-state index in [-0.39, 0.29) is 30.3 Å². The minimum Gasteiger partial charge on any atom is -0.504 e. The lowest BCUT2D eigenvalue weighted by atomic mass is 10.2. The summed E-state index contributed by atoms with van der Waals surface area (Å²) in [4.78, 5) is 11.7. The van der Waals surface area contributed by atoms with Crippen molar-refractivity contribution < 1.29 is 24.1 Å². The van der Waals surface area contributed by atoms with Gasteiger partial charge >= 0.3 is 5.63 Å². The molecule has 0 aliphatic heterocycles. The second kappa shape index (κ2) is 6.99. The van der Waals surface area contributed by atoms with Gasteiger partial charge in [0.25, 0.3) is 0 Å². The van der Waals surface area contributed by atoms with Crippen LogP contribution in [0, 0.1) is 0 Å². The highest BCUT2D eigenvalue weighted by Gasteiger charge is 2.15. The van der Waals surface area contributed by atoms with Gasteiger partial charge in [-0.3, -0.25) is 0 Å². The molecule has 2 aromatic rings. The highest BCUT2D eigenvalue weighted by molar-refractivity contribution is 5.86. The first-order valence-electron chi connectivity index (χ1n) is 6.83. The number of unbranched alkanes of at least 4 members (excludes halogenated alkanes) is 1. The Labute approximate surface area is 121 Å². The highest BCUT2D eigenvalue weighted by Crippen LogP contribution is 2.33. The minimum atomic E-state index is -0.710. The molecule has 0 aliphatic rings. The summed E-state index contributed by atoms with van der Waals surface area (Å²) in [7, 11) is 0. The molecule has 1 heterocycles. The van der Waals surface area contributed by atoms with Gasteiger partial charge in [0.05, 0.1) is 18.6 Å². The summed E-state index contributed by atoms with van der Waals surface area (Å²) < 4.78 is 15.7. The summed E-state index contributed by atoms with van der Waals surface area (Å²) in [5.41, 5.74) is -0.442. The van der Waals surface area contributed by atoms with Gasteiger partial charge in [-0.25, -0.2) is 4.79 Å². The fourth-order valence-electron chi connectivity index (χ4n) is 1.91. The summed E-state index contributed by atoms with van der Waals surface area (Å²) in [5, 5.41) is 19.2. The highest BCUT2D eigenvalue weighted by atomic mass is 16.5. The molecule has 21 heavy (non-hydrogen) atoms. The summed E-state index contributed by atoms with van der Waals surface area (Å²) in [6.07, 6.45) is 1.40. The number of aromatic hydroxyl groups is 1. The summed E-state index contributed by atoms with van der Waals surface area (Å²) >= 11 is 0. The fourth-order valence-corrected chi connectivity index (χ4v) is 1.91. The molecule has 114 valence electrons. The van der Waals surface area contributed by atoms with E-state index in [1.165, 1.54) is 0 Å². The zero-order valence-electron chi connectivity index (χ0n) is 11.8. The van der Waals surface area contributed by atoms with Crippen LogP contribution in [0.1, 0.15) is 19.8 Å². The average molecular weight is 294 g/mol. The Kier molecular flexibility index (Phi) is 5.05. The number of aliphatic hydroxyl groups excluding tert-OH is 1. The Balaban J connectivity index is 2.30. The Morgan fingerprint density at radius 3 is 2.76 bits per heavy atom. The molecule has 0 unspecified atom stereocenters. The Morgan fingerprint density at radius 2 is 2.05 bits per heavy atom. The fraction of sp³-hybridized carbons (Fsp3) is 0.400. The minimum absolute atomic E-state index is 0.130. The molecule has 0 amide bonds. The third-order valence-corrected chi connectivity index (χ3v) is 2.92. The van der Waals surface area contributed by atoms with Crippen molar-refractivity contribution >= 4 is 11.0 Å². The molecule has 0 bridgehead atoms. The molecular formula is C15H18O6. The van der Waals surface area contributed by atoms with E-state index in [2.05, 4.69) is 0 Å². The van der Waals surface area contributed by atoms with Crippen LogP contribution in [0.2, 0.25) is 0 Å². The Bertz CT molecular complexity index is 661. The average Bonchev–Trinajstić information content (AvgIpc) is 2.48. The predicted molar refractivity (Wildman–Crippen MR) is 77.1 cm³/mol. The second-order valence-corrected chi connectivity index (χ2v) is 4.44. The van der Waals surface area contributed by atoms with E-state index in [9.17, 15) is 9.90 Å². The number of aliphatic hydroxyl groups is 1. The molecule has 0 fully saturated rings. The van der Waals surface area contributed by atoms with Gasteiger partial charge in [-0.15, -0.1) is 0 Å². The molecule has 0 atom stereocenters. The predicted octanol–water partition coefficient (Wildman–Crippen LogP) is 2.05. The van der Waals surface area contributed by atoms with Crippen LogP contribution in [-0.2, 0) is 0 Å². The molecule has 2 rings (SSSR count). The topological polar surface area (TPSA) is 89.1 Å². The van der Waals surface area contributed by atoms with Gasteiger partial charge in [-0.05, 0) is 38.0 Å². The first-order chi connectivity index (χ1) is 10.2. The lowest BCUT2D eigenvalue weighted by Crippen LogP contribution is -2.07. The number of benzene rings is 1. The van der Waals surface area contributed by atoms with E-state index in [0.717, 1.165) is 6.42 Å². The molecular weight excluding hydrogens is 276 g/mol. The molecule has 6 heteroatoms. The van der Waals surface area contributed by atoms with Gasteiger partial charge in [-0.1, -0.05) is 0 Å². The van der Waals surface area contributed by atoms with Crippen molar-refractivity contribution in [3.63, 3.8) is 0 Å². The van der Waals surface area contributed by atoms with Crippen LogP contribution in [0.25, 0.3) is 11.0 Å². The van der Waals surface area contributed by atoms with Crippen LogP contribution in [0.5, 0.6) is 17.2 Å². The first-order valence-corrected chi connectivity index (χ1v) is 6.83. The molecule has 1 aromatic heterocycles. The lowest BCUT2D eigenvalue weighted by molar-refractivity contribution is 0.253. The molecule has 0 radical (unpaired) electrons. The number of rotatable bonds is 7. The third-order valence-electron chi connectivity index (χ3n) is 2.92. The van der Waals surface area contributed by atoms with Crippen molar-refractivity contribution in [2.45, 2.75) is 19.8 Å². The smallest absolute Gasteiger partial charge is 0.383 e. The Morgan fingerprint density at radius 1 is 1.24 bits per heavy atom. The molecule has 0 spiro atoms. The van der Waals surface area contributed by atoms with E-state index in [0.29, 0.717) is 24.2 Å². The van der Waals surface area contributed by atoms with Crippen molar-refractivity contribution in [2.75, 3.05) is 19.8 Å². The zero-order valence-corrected chi connectivity index (χ0v) is 11.8. The van der Waals surface area contributed by atoms with Crippen LogP contribution >= 0.6 is 0 Å². The van der Waals surface area contributed by atoms with Crippen molar-refractivity contribution in [1.29, 1.82) is 0 Å². The summed E-state index contributed by atoms with van der Waals surface area (Å²) in [6.45, 7) is 2.55. The zero-order chi connectivity index (χ0) is 15.2. The van der Waals surface area contributed by atoms with E-state index >= 15 is 0 Å². The Hall–Kier alpha value is -2.21. The van der Waals surface area contributed by atoms with Crippen LogP contribution in [0.4, 0.5) is 0 Å². The van der Waals surface area contributed by atoms with Gasteiger partial charge in [0.15, 0.2) is 5.75 Å². The van der Waals surface area contributed by atoms with E-state index in [1.54, 1.807) is 25.1 Å². The first kappa shape index (κ1) is 15.2. The second-order valence-electron chi connectivity index (χ2n) is 4.44. The van der Waals surface area contributed by atoms with Crippen LogP contribution in [-0.4, -0.2) is 30.0 Å². The van der Waals surface area contributed by atoms with Gasteiger partial charge in [-0.2, -0.15) is 0 Å². The van der Waals surface area contributed by atoms with Crippen molar-refractivity contribution in [3.8, 4) is 17.2 Å². The molecule has 0 saturated carbocycles. The van der Waals surface area contributed by atoms with E-state index in [1.807, 2.05) is 0 Å². The van der Waals surface area contributed by atoms with Gasteiger partial charge in [0.1, 0.15) is 11.3 Å².